The van der Waals surface area contributed by atoms with Crippen molar-refractivity contribution in [3.63, 3.8) is 0 Å². The zero-order valence-electron chi connectivity index (χ0n) is 10.6. The number of nitrogens with two attached hydrogens (primary N) is 2. The van der Waals surface area contributed by atoms with Crippen LogP contribution in [0.5, 0.6) is 5.75 Å². The lowest BCUT2D eigenvalue weighted by molar-refractivity contribution is -0.135. The first kappa shape index (κ1) is 13.8. The van der Waals surface area contributed by atoms with Gasteiger partial charge in [-0.2, -0.15) is 0 Å². The van der Waals surface area contributed by atoms with Crippen molar-refractivity contribution >= 4 is 17.5 Å². The van der Waals surface area contributed by atoms with Gasteiger partial charge in [0.15, 0.2) is 11.9 Å². The fourth-order valence-corrected chi connectivity index (χ4v) is 1.47. The van der Waals surface area contributed by atoms with Crippen LogP contribution in [0.2, 0.25) is 0 Å². The Morgan fingerprint density at radius 2 is 1.94 bits per heavy atom. The molecule has 18 heavy (non-hydrogen) atoms. The number of hydrogen-bond acceptors (Lipinski definition) is 4. The zero-order valence-corrected chi connectivity index (χ0v) is 10.6. The number of likely N-dealkylation sites (N-methyl/N-ethyl adjacent to an activating group) is 1. The third-order valence-electron chi connectivity index (χ3n) is 2.39. The summed E-state index contributed by atoms with van der Waals surface area (Å²) in [5, 5.41) is 0. The Balaban J connectivity index is 3.04. The topological polar surface area (TPSA) is 98.6 Å². The van der Waals surface area contributed by atoms with E-state index in [9.17, 15) is 9.59 Å². The van der Waals surface area contributed by atoms with Crippen LogP contribution in [-0.4, -0.2) is 36.9 Å². The Bertz CT molecular complexity index is 472. The van der Waals surface area contributed by atoms with E-state index >= 15 is 0 Å². The second kappa shape index (κ2) is 5.39. The lowest BCUT2D eigenvalue weighted by Gasteiger charge is -2.20. The van der Waals surface area contributed by atoms with E-state index in [1.807, 2.05) is 0 Å². The van der Waals surface area contributed by atoms with Gasteiger partial charge in [0.1, 0.15) is 0 Å². The zero-order chi connectivity index (χ0) is 13.9. The van der Waals surface area contributed by atoms with E-state index in [0.717, 1.165) is 0 Å². The van der Waals surface area contributed by atoms with Crippen molar-refractivity contribution in [2.75, 3.05) is 19.8 Å². The summed E-state index contributed by atoms with van der Waals surface area (Å²) in [6.45, 7) is 1.58. The molecule has 6 nitrogen and oxygen atoms in total. The molecule has 4 N–H and O–H groups in total. The van der Waals surface area contributed by atoms with E-state index in [0.29, 0.717) is 0 Å². The molecule has 0 saturated carbocycles. The van der Waals surface area contributed by atoms with Gasteiger partial charge in [-0.05, 0) is 19.1 Å². The Morgan fingerprint density at radius 3 is 2.44 bits per heavy atom. The van der Waals surface area contributed by atoms with Crippen LogP contribution in [0.4, 0.5) is 5.69 Å². The van der Waals surface area contributed by atoms with Crippen molar-refractivity contribution < 1.29 is 14.3 Å². The first-order valence-electron chi connectivity index (χ1n) is 5.40. The van der Waals surface area contributed by atoms with Crippen LogP contribution in [0.15, 0.2) is 18.2 Å². The van der Waals surface area contributed by atoms with Crippen molar-refractivity contribution in [2.24, 2.45) is 5.73 Å². The van der Waals surface area contributed by atoms with Crippen LogP contribution in [0.3, 0.4) is 0 Å². The number of hydrogen-bond donors (Lipinski definition) is 2. The van der Waals surface area contributed by atoms with Gasteiger partial charge in [0, 0.05) is 14.1 Å². The lowest BCUT2D eigenvalue weighted by atomic mass is 10.1. The Labute approximate surface area is 105 Å². The van der Waals surface area contributed by atoms with Crippen molar-refractivity contribution in [1.29, 1.82) is 0 Å². The summed E-state index contributed by atoms with van der Waals surface area (Å²) in [5.41, 5.74) is 11.4. The normalized spacial score (nSPS) is 11.7. The SMILES string of the molecule is CC(Oc1c(N)cccc1C(N)=O)C(=O)N(C)C. The molecule has 6 heteroatoms. The number of nitrogens with zero attached hydrogens (tertiary/aromatic N) is 1. The fraction of sp³-hybridized carbons (Fsp3) is 0.333. The number of carbonyl (C=O) groups excluding carboxylic acids is 2. The number of carbonyl (C=O) groups is 2. The maximum absolute atomic E-state index is 11.7. The summed E-state index contributed by atoms with van der Waals surface area (Å²) in [7, 11) is 3.23. The average molecular weight is 251 g/mol. The molecule has 0 saturated heterocycles. The highest BCUT2D eigenvalue weighted by molar-refractivity contribution is 5.97. The van der Waals surface area contributed by atoms with Gasteiger partial charge in [0.05, 0.1) is 11.3 Å². The van der Waals surface area contributed by atoms with Gasteiger partial charge in [-0.15, -0.1) is 0 Å². The largest absolute Gasteiger partial charge is 0.478 e. The van der Waals surface area contributed by atoms with Gasteiger partial charge in [0.25, 0.3) is 11.8 Å². The number of anilines is 1. The smallest absolute Gasteiger partial charge is 0.262 e. The molecule has 0 aliphatic rings. The van der Waals surface area contributed by atoms with E-state index in [4.69, 9.17) is 16.2 Å². The summed E-state index contributed by atoms with van der Waals surface area (Å²) in [6.07, 6.45) is -0.747. The van der Waals surface area contributed by atoms with Gasteiger partial charge in [-0.25, -0.2) is 0 Å². The maximum atomic E-state index is 11.7. The van der Waals surface area contributed by atoms with Crippen LogP contribution in [0.25, 0.3) is 0 Å². The highest BCUT2D eigenvalue weighted by Gasteiger charge is 2.20. The van der Waals surface area contributed by atoms with Gasteiger partial charge < -0.3 is 21.1 Å². The maximum Gasteiger partial charge on any atom is 0.262 e. The highest BCUT2D eigenvalue weighted by atomic mass is 16.5. The molecule has 0 aromatic heterocycles. The molecule has 0 aliphatic heterocycles. The Morgan fingerprint density at radius 1 is 1.33 bits per heavy atom. The van der Waals surface area contributed by atoms with E-state index in [1.165, 1.54) is 11.0 Å². The minimum absolute atomic E-state index is 0.146. The van der Waals surface area contributed by atoms with Gasteiger partial charge in [0.2, 0.25) is 0 Å². The number of ether oxygens (including phenoxy) is 1. The number of amides is 2. The van der Waals surface area contributed by atoms with Crippen molar-refractivity contribution in [3.8, 4) is 5.75 Å². The molecule has 0 radical (unpaired) electrons. The highest BCUT2D eigenvalue weighted by Crippen LogP contribution is 2.27. The summed E-state index contributed by atoms with van der Waals surface area (Å²) in [6, 6.07) is 4.68. The summed E-state index contributed by atoms with van der Waals surface area (Å²) < 4.78 is 5.44. The standard InChI is InChI=1S/C12H17N3O3/c1-7(12(17)15(2)3)18-10-8(11(14)16)5-4-6-9(10)13/h4-7H,13H2,1-3H3,(H2,14,16). The lowest BCUT2D eigenvalue weighted by Crippen LogP contribution is -2.35. The summed E-state index contributed by atoms with van der Waals surface area (Å²) >= 11 is 0. The molecule has 1 atom stereocenters. The predicted octanol–water partition coefficient (Wildman–Crippen LogP) is 0.223. The van der Waals surface area contributed by atoms with Gasteiger partial charge in [-0.1, -0.05) is 6.07 Å². The molecule has 0 heterocycles. The predicted molar refractivity (Wildman–Crippen MR) is 68.2 cm³/mol. The molecule has 1 unspecified atom stereocenters. The van der Waals surface area contributed by atoms with Crippen LogP contribution in [0, 0.1) is 0 Å². The number of benzene rings is 1. The first-order valence-corrected chi connectivity index (χ1v) is 5.40. The summed E-state index contributed by atoms with van der Waals surface area (Å²) in [5.74, 6) is -0.733. The van der Waals surface area contributed by atoms with Crippen LogP contribution in [0.1, 0.15) is 17.3 Å². The number of nitrogen functional groups attached to an aromatic ring is 1. The molecule has 0 spiro atoms. The van der Waals surface area contributed by atoms with Crippen molar-refractivity contribution in [3.05, 3.63) is 23.8 Å². The second-order valence-electron chi connectivity index (χ2n) is 4.08. The first-order chi connectivity index (χ1) is 8.34. The molecule has 1 aromatic carbocycles. The molecule has 0 fully saturated rings. The monoisotopic (exact) mass is 251 g/mol. The van der Waals surface area contributed by atoms with Crippen molar-refractivity contribution in [1.82, 2.24) is 4.90 Å². The molecular formula is C12H17N3O3. The van der Waals surface area contributed by atoms with E-state index in [2.05, 4.69) is 0 Å². The van der Waals surface area contributed by atoms with E-state index in [-0.39, 0.29) is 22.9 Å². The van der Waals surface area contributed by atoms with Crippen LogP contribution < -0.4 is 16.2 Å². The fourth-order valence-electron chi connectivity index (χ4n) is 1.47. The minimum atomic E-state index is -0.747. The molecular weight excluding hydrogens is 234 g/mol. The van der Waals surface area contributed by atoms with Crippen LogP contribution in [-0.2, 0) is 4.79 Å². The Hall–Kier alpha value is -2.24. The molecule has 98 valence electrons. The second-order valence-corrected chi connectivity index (χ2v) is 4.08. The minimum Gasteiger partial charge on any atom is -0.478 e. The Kier molecular flexibility index (Phi) is 4.14. The van der Waals surface area contributed by atoms with Crippen molar-refractivity contribution in [2.45, 2.75) is 13.0 Å². The van der Waals surface area contributed by atoms with Gasteiger partial charge in [-0.3, -0.25) is 9.59 Å². The molecule has 2 amide bonds. The third kappa shape index (κ3) is 2.91. The molecule has 0 aliphatic carbocycles. The number of primary amides is 1. The number of rotatable bonds is 4. The quantitative estimate of drug-likeness (QED) is 0.748. The van der Waals surface area contributed by atoms with E-state index < -0.39 is 12.0 Å². The molecule has 1 rings (SSSR count). The van der Waals surface area contributed by atoms with Gasteiger partial charge >= 0.3 is 0 Å². The van der Waals surface area contributed by atoms with E-state index in [1.54, 1.807) is 33.2 Å². The average Bonchev–Trinajstić information content (AvgIpc) is 2.30. The summed E-state index contributed by atoms with van der Waals surface area (Å²) in [4.78, 5) is 24.3. The molecule has 0 bridgehead atoms. The third-order valence-corrected chi connectivity index (χ3v) is 2.39. The number of para-hydroxylation sites is 1. The molecule has 1 aromatic rings. The van der Waals surface area contributed by atoms with Crippen LogP contribution >= 0.6 is 0 Å².